The van der Waals surface area contributed by atoms with Gasteiger partial charge in [0, 0.05) is 33.5 Å². The Morgan fingerprint density at radius 1 is 0.581 bits per heavy atom. The molecule has 0 aromatic rings. The third kappa shape index (κ3) is 52.7. The number of carbonyl (C=O) groups is 6. The van der Waals surface area contributed by atoms with Crippen LogP contribution in [0.5, 0.6) is 0 Å². The van der Waals surface area contributed by atoms with Crippen molar-refractivity contribution in [3.05, 3.63) is 12.2 Å². The minimum Gasteiger partial charge on any atom is -0.481 e. The molecular weight excluding hydrogens is 686 g/mol. The molecule has 0 unspecified atom stereocenters. The number of halogens is 4. The van der Waals surface area contributed by atoms with Crippen LogP contribution in [0.3, 0.4) is 0 Å². The van der Waals surface area contributed by atoms with Crippen LogP contribution in [0.1, 0.15) is 25.7 Å². The molecule has 0 bridgehead atoms. The molecule has 11 nitrogen and oxygen atoms in total. The van der Waals surface area contributed by atoms with Gasteiger partial charge in [-0.3, -0.25) is 34.1 Å². The van der Waals surface area contributed by atoms with Crippen LogP contribution in [0.4, 0.5) is 0 Å². The van der Waals surface area contributed by atoms with Gasteiger partial charge in [-0.2, -0.15) is 0 Å². The zero-order valence-corrected chi connectivity index (χ0v) is 22.4. The van der Waals surface area contributed by atoms with Gasteiger partial charge in [-0.15, -0.1) is 0 Å². The highest BCUT2D eigenvalue weighted by Crippen LogP contribution is 1.86. The zero-order chi connectivity index (χ0) is 25.2. The molecule has 15 heteroatoms. The third-order valence-corrected chi connectivity index (χ3v) is 3.45. The molecule has 0 fully saturated rings. The van der Waals surface area contributed by atoms with Gasteiger partial charge >= 0.3 is 23.9 Å². The fraction of sp³-hybridized carbons (Fsp3) is 0.500. The fourth-order valence-corrected chi connectivity index (χ4v) is 2.04. The number of rotatable bonds is 8. The van der Waals surface area contributed by atoms with Crippen LogP contribution in [0.15, 0.2) is 12.2 Å². The van der Waals surface area contributed by atoms with Crippen LogP contribution >= 0.6 is 63.7 Å². The second-order valence-electron chi connectivity index (χ2n) is 4.52. The first-order valence-electron chi connectivity index (χ1n) is 8.01. The van der Waals surface area contributed by atoms with E-state index in [9.17, 15) is 28.8 Å². The number of carboxylic acid groups (broad SMARTS) is 4. The molecule has 0 aromatic heterocycles. The Bertz CT molecular complexity index is 505. The first-order chi connectivity index (χ1) is 14.4. The molecule has 31 heavy (non-hydrogen) atoms. The number of alkyl halides is 4. The first-order valence-corrected chi connectivity index (χ1v) is 12.5. The van der Waals surface area contributed by atoms with E-state index in [4.69, 9.17) is 20.4 Å². The van der Waals surface area contributed by atoms with E-state index < -0.39 is 23.9 Å². The van der Waals surface area contributed by atoms with Crippen LogP contribution in [-0.4, -0.2) is 77.4 Å². The number of carbonyl (C=O) groups excluding carboxylic acids is 2. The summed E-state index contributed by atoms with van der Waals surface area (Å²) in [5.41, 5.74) is 0. The standard InChI is InChI=1S/C4H3NO2.4C3H5BrO2/c6-3-1-2-4(7)5-3;4*4-2-1-3(5)6/h1-2H,(H,5,6,7);4*1-2H2,(H,5,6). The minimum absolute atomic E-state index is 0.208. The van der Waals surface area contributed by atoms with Gasteiger partial charge in [0.15, 0.2) is 0 Å². The molecule has 0 saturated carbocycles. The van der Waals surface area contributed by atoms with Crippen molar-refractivity contribution in [3.63, 3.8) is 0 Å². The number of aliphatic carboxylic acids is 4. The highest BCUT2D eigenvalue weighted by atomic mass is 79.9. The zero-order valence-electron chi connectivity index (χ0n) is 16.1. The van der Waals surface area contributed by atoms with Crippen molar-refractivity contribution in [2.24, 2.45) is 0 Å². The number of hydrogen-bond acceptors (Lipinski definition) is 6. The average Bonchev–Trinajstić information content (AvgIpc) is 2.99. The van der Waals surface area contributed by atoms with Gasteiger partial charge in [-0.25, -0.2) is 0 Å². The van der Waals surface area contributed by atoms with Gasteiger partial charge in [-0.1, -0.05) is 63.7 Å². The number of carboxylic acids is 4. The Balaban J connectivity index is -0.000000147. The number of nitrogens with one attached hydrogen (secondary N) is 1. The van der Waals surface area contributed by atoms with E-state index in [-0.39, 0.29) is 37.5 Å². The quantitative estimate of drug-likeness (QED) is 0.185. The molecular formula is C16H23Br4NO10. The van der Waals surface area contributed by atoms with Gasteiger partial charge in [0.1, 0.15) is 0 Å². The van der Waals surface area contributed by atoms with Gasteiger partial charge in [0.25, 0.3) is 11.8 Å². The molecule has 180 valence electrons. The molecule has 1 heterocycles. The lowest BCUT2D eigenvalue weighted by molar-refractivity contribution is -0.137. The van der Waals surface area contributed by atoms with Crippen molar-refractivity contribution in [1.82, 2.24) is 5.32 Å². The molecule has 5 N–H and O–H groups in total. The number of imide groups is 1. The molecule has 0 aliphatic carbocycles. The van der Waals surface area contributed by atoms with E-state index in [1.165, 1.54) is 12.2 Å². The Morgan fingerprint density at radius 3 is 0.806 bits per heavy atom. The predicted molar refractivity (Wildman–Crippen MR) is 126 cm³/mol. The molecule has 0 saturated heterocycles. The van der Waals surface area contributed by atoms with Crippen molar-refractivity contribution >= 4 is 99.4 Å². The average molecular weight is 709 g/mol. The van der Waals surface area contributed by atoms with Crippen molar-refractivity contribution < 1.29 is 49.2 Å². The van der Waals surface area contributed by atoms with Gasteiger partial charge < -0.3 is 20.4 Å². The Labute approximate surface area is 212 Å². The monoisotopic (exact) mass is 705 g/mol. The SMILES string of the molecule is O=C(O)CCBr.O=C(O)CCBr.O=C(O)CCBr.O=C(O)CCBr.O=C1C=CC(=O)N1. The van der Waals surface area contributed by atoms with E-state index >= 15 is 0 Å². The largest absolute Gasteiger partial charge is 0.481 e. The van der Waals surface area contributed by atoms with E-state index in [0.29, 0.717) is 21.3 Å². The summed E-state index contributed by atoms with van der Waals surface area (Å²) in [6.45, 7) is 0. The molecule has 0 atom stereocenters. The maximum atomic E-state index is 10.0. The smallest absolute Gasteiger partial charge is 0.304 e. The highest BCUT2D eigenvalue weighted by Gasteiger charge is 2.06. The van der Waals surface area contributed by atoms with Gasteiger partial charge in [0.05, 0.1) is 25.7 Å². The molecule has 1 rings (SSSR count). The van der Waals surface area contributed by atoms with Crippen molar-refractivity contribution in [1.29, 1.82) is 0 Å². The second kappa shape index (κ2) is 28.7. The molecule has 1 aliphatic heterocycles. The summed E-state index contributed by atoms with van der Waals surface area (Å²) in [7, 11) is 0. The van der Waals surface area contributed by atoms with Crippen LogP contribution in [0.2, 0.25) is 0 Å². The Kier molecular flexibility index (Phi) is 34.2. The first kappa shape index (κ1) is 37.0. The minimum atomic E-state index is -0.758. The fourth-order valence-electron chi connectivity index (χ4n) is 0.679. The Hall–Kier alpha value is -1.32. The van der Waals surface area contributed by atoms with E-state index in [1.54, 1.807) is 0 Å². The van der Waals surface area contributed by atoms with Gasteiger partial charge in [0.2, 0.25) is 0 Å². The molecule has 0 radical (unpaired) electrons. The second-order valence-corrected chi connectivity index (χ2v) is 7.69. The van der Waals surface area contributed by atoms with Gasteiger partial charge in [-0.05, 0) is 0 Å². The van der Waals surface area contributed by atoms with Crippen LogP contribution < -0.4 is 5.32 Å². The third-order valence-electron chi connectivity index (χ3n) is 1.87. The lowest BCUT2D eigenvalue weighted by Crippen LogP contribution is -2.19. The summed E-state index contributed by atoms with van der Waals surface area (Å²) in [4.78, 5) is 58.3. The molecule has 0 spiro atoms. The number of hydrogen-bond donors (Lipinski definition) is 5. The molecule has 1 aliphatic rings. The lowest BCUT2D eigenvalue weighted by atomic mass is 10.5. The van der Waals surface area contributed by atoms with E-state index in [1.807, 2.05) is 5.32 Å². The maximum absolute atomic E-state index is 10.0. The maximum Gasteiger partial charge on any atom is 0.304 e. The van der Waals surface area contributed by atoms with Crippen LogP contribution in [-0.2, 0) is 28.8 Å². The van der Waals surface area contributed by atoms with Crippen LogP contribution in [0, 0.1) is 0 Å². The van der Waals surface area contributed by atoms with Crippen molar-refractivity contribution in [2.75, 3.05) is 21.3 Å². The molecule has 0 aromatic carbocycles. The summed E-state index contributed by atoms with van der Waals surface area (Å²) in [5.74, 6) is -3.69. The number of amides is 2. The Morgan fingerprint density at radius 2 is 0.774 bits per heavy atom. The lowest BCUT2D eigenvalue weighted by Gasteiger charge is -1.80. The summed E-state index contributed by atoms with van der Waals surface area (Å²) < 4.78 is 0. The normalized spacial score (nSPS) is 10.3. The van der Waals surface area contributed by atoms with E-state index in [0.717, 1.165) is 0 Å². The summed E-state index contributed by atoms with van der Waals surface area (Å²) in [5, 5.41) is 35.7. The summed E-state index contributed by atoms with van der Waals surface area (Å²) in [6, 6.07) is 0. The predicted octanol–water partition coefficient (Wildman–Crippen LogP) is 2.62. The summed E-state index contributed by atoms with van der Waals surface area (Å²) in [6.07, 6.45) is 3.23. The summed E-state index contributed by atoms with van der Waals surface area (Å²) >= 11 is 11.9. The topological polar surface area (TPSA) is 195 Å². The molecule has 2 amide bonds. The van der Waals surface area contributed by atoms with Crippen molar-refractivity contribution in [3.8, 4) is 0 Å². The van der Waals surface area contributed by atoms with Crippen LogP contribution in [0.25, 0.3) is 0 Å². The highest BCUT2D eigenvalue weighted by molar-refractivity contribution is 9.09. The van der Waals surface area contributed by atoms with E-state index in [2.05, 4.69) is 63.7 Å². The van der Waals surface area contributed by atoms with Crippen molar-refractivity contribution in [2.45, 2.75) is 25.7 Å².